The van der Waals surface area contributed by atoms with E-state index in [1.54, 1.807) is 18.3 Å². The molecule has 1 saturated heterocycles. The highest BCUT2D eigenvalue weighted by Gasteiger charge is 2.52. The van der Waals surface area contributed by atoms with E-state index >= 15 is 0 Å². The predicted octanol–water partition coefficient (Wildman–Crippen LogP) is 3.79. The second-order valence-electron chi connectivity index (χ2n) is 7.78. The number of piperidine rings is 1. The van der Waals surface area contributed by atoms with Crippen LogP contribution in [0.5, 0.6) is 0 Å². The summed E-state index contributed by atoms with van der Waals surface area (Å²) in [4.78, 5) is 6.66. The maximum Gasteiger partial charge on any atom is 0.163 e. The molecule has 5 heteroatoms. The minimum absolute atomic E-state index is 0.0572. The molecule has 1 aliphatic carbocycles. The van der Waals surface area contributed by atoms with Crippen molar-refractivity contribution < 1.29 is 13.9 Å². The van der Waals surface area contributed by atoms with E-state index in [1.165, 1.54) is 0 Å². The number of aromatic nitrogens is 1. The lowest BCUT2D eigenvalue weighted by atomic mass is 9.64. The summed E-state index contributed by atoms with van der Waals surface area (Å²) in [6.45, 7) is 3.68. The number of rotatable bonds is 3. The highest BCUT2D eigenvalue weighted by atomic mass is 19.2. The molecular formula is C21H24F2N2O. The molecule has 2 aromatic rings. The maximum absolute atomic E-state index is 14.0. The first-order valence-electron chi connectivity index (χ1n) is 9.29. The quantitative estimate of drug-likeness (QED) is 0.907. The molecule has 26 heavy (non-hydrogen) atoms. The van der Waals surface area contributed by atoms with Gasteiger partial charge in [0.2, 0.25) is 0 Å². The van der Waals surface area contributed by atoms with Crippen LogP contribution in [0.1, 0.15) is 36.1 Å². The first kappa shape index (κ1) is 17.6. The van der Waals surface area contributed by atoms with E-state index in [0.717, 1.165) is 36.6 Å². The summed E-state index contributed by atoms with van der Waals surface area (Å²) in [7, 11) is 0. The second-order valence-corrected chi connectivity index (χ2v) is 7.78. The third-order valence-corrected chi connectivity index (χ3v) is 6.05. The molecule has 2 bridgehead atoms. The van der Waals surface area contributed by atoms with Crippen molar-refractivity contribution in [1.82, 2.24) is 9.88 Å². The van der Waals surface area contributed by atoms with Gasteiger partial charge < -0.3 is 5.11 Å². The first-order valence-corrected chi connectivity index (χ1v) is 9.29. The predicted molar refractivity (Wildman–Crippen MR) is 95.3 cm³/mol. The Kier molecular flexibility index (Phi) is 4.53. The molecular weight excluding hydrogens is 334 g/mol. The molecule has 138 valence electrons. The molecule has 2 aliphatic rings. The van der Waals surface area contributed by atoms with E-state index < -0.39 is 17.2 Å². The van der Waals surface area contributed by atoms with Gasteiger partial charge in [0, 0.05) is 43.2 Å². The van der Waals surface area contributed by atoms with E-state index in [0.29, 0.717) is 25.2 Å². The summed E-state index contributed by atoms with van der Waals surface area (Å²) >= 11 is 0. The van der Waals surface area contributed by atoms with Gasteiger partial charge in [0.25, 0.3) is 0 Å². The Balaban J connectivity index is 1.58. The van der Waals surface area contributed by atoms with Crippen LogP contribution >= 0.6 is 0 Å². The van der Waals surface area contributed by atoms with Crippen LogP contribution in [0.4, 0.5) is 8.78 Å². The zero-order valence-corrected chi connectivity index (χ0v) is 15.0. The average molecular weight is 358 g/mol. The van der Waals surface area contributed by atoms with E-state index in [-0.39, 0.29) is 11.8 Å². The van der Waals surface area contributed by atoms with Crippen molar-refractivity contribution in [3.63, 3.8) is 0 Å². The van der Waals surface area contributed by atoms with Gasteiger partial charge in [-0.25, -0.2) is 8.78 Å². The smallest absolute Gasteiger partial charge is 0.163 e. The first-order chi connectivity index (χ1) is 12.5. The van der Waals surface area contributed by atoms with Crippen molar-refractivity contribution in [2.45, 2.75) is 38.3 Å². The fourth-order valence-electron chi connectivity index (χ4n) is 4.71. The average Bonchev–Trinajstić information content (AvgIpc) is 2.60. The van der Waals surface area contributed by atoms with Crippen LogP contribution in [0.15, 0.2) is 36.5 Å². The van der Waals surface area contributed by atoms with Gasteiger partial charge in [-0.15, -0.1) is 0 Å². The fourth-order valence-corrected chi connectivity index (χ4v) is 4.71. The van der Waals surface area contributed by atoms with Crippen LogP contribution in [-0.4, -0.2) is 28.1 Å². The van der Waals surface area contributed by atoms with Crippen molar-refractivity contribution >= 4 is 0 Å². The number of aryl methyl sites for hydroxylation is 1. The zero-order valence-electron chi connectivity index (χ0n) is 15.0. The summed E-state index contributed by atoms with van der Waals surface area (Å²) in [5.41, 5.74) is 1.26. The Bertz CT molecular complexity index is 779. The lowest BCUT2D eigenvalue weighted by Gasteiger charge is -2.52. The molecule has 0 radical (unpaired) electrons. The van der Waals surface area contributed by atoms with Crippen molar-refractivity contribution in [3.05, 3.63) is 65.0 Å². The highest BCUT2D eigenvalue weighted by Crippen LogP contribution is 2.48. The summed E-state index contributed by atoms with van der Waals surface area (Å²) in [5, 5.41) is 11.6. The van der Waals surface area contributed by atoms with Gasteiger partial charge >= 0.3 is 0 Å². The van der Waals surface area contributed by atoms with Crippen LogP contribution < -0.4 is 0 Å². The number of likely N-dealkylation sites (tertiary alicyclic amines) is 1. The topological polar surface area (TPSA) is 36.4 Å². The van der Waals surface area contributed by atoms with E-state index in [9.17, 15) is 13.9 Å². The molecule has 2 fully saturated rings. The minimum atomic E-state index is -0.928. The SMILES string of the molecule is Cc1ccc(C2(O)C3CCCC2CN(Cc2cccc(F)c2F)C3)nc1. The monoisotopic (exact) mass is 358 g/mol. The number of hydrogen-bond donors (Lipinski definition) is 1. The number of hydrogen-bond acceptors (Lipinski definition) is 3. The number of halogens is 2. The van der Waals surface area contributed by atoms with Crippen molar-refractivity contribution in [3.8, 4) is 0 Å². The van der Waals surface area contributed by atoms with Gasteiger partial charge in [-0.05, 0) is 37.5 Å². The Morgan fingerprint density at radius 1 is 1.15 bits per heavy atom. The Labute approximate surface area is 152 Å². The number of aliphatic hydroxyl groups is 1. The lowest BCUT2D eigenvalue weighted by Crippen LogP contribution is -2.58. The van der Waals surface area contributed by atoms with Crippen molar-refractivity contribution in [2.75, 3.05) is 13.1 Å². The van der Waals surface area contributed by atoms with E-state index in [2.05, 4.69) is 9.88 Å². The van der Waals surface area contributed by atoms with Crippen LogP contribution in [0.3, 0.4) is 0 Å². The zero-order chi connectivity index (χ0) is 18.3. The van der Waals surface area contributed by atoms with Crippen LogP contribution in [0.2, 0.25) is 0 Å². The van der Waals surface area contributed by atoms with E-state index in [4.69, 9.17) is 0 Å². The van der Waals surface area contributed by atoms with E-state index in [1.807, 2.05) is 19.1 Å². The van der Waals surface area contributed by atoms with Gasteiger partial charge in [-0.2, -0.15) is 0 Å². The number of benzene rings is 1. The molecule has 2 unspecified atom stereocenters. The van der Waals surface area contributed by atoms with Crippen molar-refractivity contribution in [2.24, 2.45) is 11.8 Å². The molecule has 1 N–H and O–H groups in total. The summed E-state index contributed by atoms with van der Waals surface area (Å²) in [6.07, 6.45) is 4.73. The van der Waals surface area contributed by atoms with Crippen LogP contribution in [-0.2, 0) is 12.1 Å². The third-order valence-electron chi connectivity index (χ3n) is 6.05. The second kappa shape index (κ2) is 6.71. The molecule has 0 spiro atoms. The van der Waals surface area contributed by atoms with Gasteiger partial charge in [-0.1, -0.05) is 24.6 Å². The third kappa shape index (κ3) is 2.93. The molecule has 4 rings (SSSR count). The number of nitrogens with zero attached hydrogens (tertiary/aromatic N) is 2. The summed E-state index contributed by atoms with van der Waals surface area (Å²) in [5.74, 6) is -1.46. The van der Waals surface area contributed by atoms with Crippen molar-refractivity contribution in [1.29, 1.82) is 0 Å². The Hall–Kier alpha value is -1.85. The molecule has 1 saturated carbocycles. The van der Waals surface area contributed by atoms with Gasteiger partial charge in [0.05, 0.1) is 5.69 Å². The molecule has 1 aliphatic heterocycles. The van der Waals surface area contributed by atoms with Gasteiger partial charge in [-0.3, -0.25) is 9.88 Å². The molecule has 2 heterocycles. The molecule has 1 aromatic heterocycles. The molecule has 3 nitrogen and oxygen atoms in total. The molecule has 0 amide bonds. The Morgan fingerprint density at radius 2 is 1.88 bits per heavy atom. The highest BCUT2D eigenvalue weighted by molar-refractivity contribution is 5.23. The summed E-state index contributed by atoms with van der Waals surface area (Å²) in [6, 6.07) is 8.25. The Morgan fingerprint density at radius 3 is 2.54 bits per heavy atom. The standard InChI is InChI=1S/C21H24F2N2O/c1-14-8-9-19(24-10-14)21(26)16-5-3-6-17(21)13-25(12-16)11-15-4-2-7-18(22)20(15)23/h2,4,7-10,16-17,26H,3,5-6,11-13H2,1H3. The maximum atomic E-state index is 14.0. The molecule has 2 atom stereocenters. The summed E-state index contributed by atoms with van der Waals surface area (Å²) < 4.78 is 27.5. The number of pyridine rings is 1. The minimum Gasteiger partial charge on any atom is -0.383 e. The largest absolute Gasteiger partial charge is 0.383 e. The van der Waals surface area contributed by atoms with Crippen LogP contribution in [0, 0.1) is 30.4 Å². The fraction of sp³-hybridized carbons (Fsp3) is 0.476. The normalized spacial score (nSPS) is 28.9. The van der Waals surface area contributed by atoms with Gasteiger partial charge in [0.1, 0.15) is 5.60 Å². The van der Waals surface area contributed by atoms with Crippen LogP contribution in [0.25, 0.3) is 0 Å². The number of fused-ring (bicyclic) bond motifs is 2. The lowest BCUT2D eigenvalue weighted by molar-refractivity contribution is -0.151. The molecule has 1 aromatic carbocycles. The van der Waals surface area contributed by atoms with Gasteiger partial charge in [0.15, 0.2) is 11.6 Å².